The average Bonchev–Trinajstić information content (AvgIpc) is 2.57. The number of morpholine rings is 1. The van der Waals surface area contributed by atoms with Crippen molar-refractivity contribution in [1.29, 1.82) is 0 Å². The second kappa shape index (κ2) is 6.78. The van der Waals surface area contributed by atoms with Crippen molar-refractivity contribution in [2.45, 2.75) is 12.1 Å². The highest BCUT2D eigenvalue weighted by molar-refractivity contribution is 6.31. The van der Waals surface area contributed by atoms with E-state index in [-0.39, 0.29) is 30.9 Å². The maximum absolute atomic E-state index is 12.8. The van der Waals surface area contributed by atoms with Crippen LogP contribution in [0.3, 0.4) is 0 Å². The summed E-state index contributed by atoms with van der Waals surface area (Å²) in [5.41, 5.74) is 0.617. The van der Waals surface area contributed by atoms with E-state index >= 15 is 0 Å². The number of likely N-dealkylation sites (N-methyl/N-ethyl adjacent to an activating group) is 1. The molecule has 0 saturated carbocycles. The molecule has 7 nitrogen and oxygen atoms in total. The van der Waals surface area contributed by atoms with Crippen molar-refractivity contribution in [3.05, 3.63) is 34.9 Å². The molecule has 1 aromatic carbocycles. The monoisotopic (exact) mass is 351 g/mol. The fourth-order valence-corrected chi connectivity index (χ4v) is 3.11. The first kappa shape index (κ1) is 16.7. The van der Waals surface area contributed by atoms with Gasteiger partial charge in [0.25, 0.3) is 5.91 Å². The molecule has 3 amide bonds. The van der Waals surface area contributed by atoms with E-state index in [0.717, 1.165) is 0 Å². The number of carbonyl (C=O) groups excluding carboxylic acids is 3. The third kappa shape index (κ3) is 3.22. The van der Waals surface area contributed by atoms with Crippen molar-refractivity contribution in [2.24, 2.45) is 0 Å². The summed E-state index contributed by atoms with van der Waals surface area (Å²) in [4.78, 5) is 39.5. The molecule has 0 bridgehead atoms. The molecule has 128 valence electrons. The van der Waals surface area contributed by atoms with Gasteiger partial charge >= 0.3 is 0 Å². The molecule has 2 saturated heterocycles. The molecule has 24 heavy (non-hydrogen) atoms. The van der Waals surface area contributed by atoms with Crippen LogP contribution < -0.4 is 5.32 Å². The van der Waals surface area contributed by atoms with Gasteiger partial charge in [-0.1, -0.05) is 29.8 Å². The van der Waals surface area contributed by atoms with Crippen molar-refractivity contribution < 1.29 is 19.1 Å². The fourth-order valence-electron chi connectivity index (χ4n) is 2.86. The molecule has 2 aliphatic rings. The molecule has 2 fully saturated rings. The van der Waals surface area contributed by atoms with Crippen LogP contribution in [0.2, 0.25) is 5.02 Å². The molecule has 1 N–H and O–H groups in total. The van der Waals surface area contributed by atoms with E-state index in [2.05, 4.69) is 5.32 Å². The fraction of sp³-hybridized carbons (Fsp3) is 0.438. The van der Waals surface area contributed by atoms with Gasteiger partial charge in [-0.15, -0.1) is 0 Å². The quantitative estimate of drug-likeness (QED) is 0.825. The minimum absolute atomic E-state index is 0.0123. The Morgan fingerprint density at radius 2 is 2.04 bits per heavy atom. The Hall–Kier alpha value is -2.12. The molecule has 0 unspecified atom stereocenters. The maximum Gasteiger partial charge on any atom is 0.254 e. The lowest BCUT2D eigenvalue weighted by atomic mass is 9.98. The van der Waals surface area contributed by atoms with Gasteiger partial charge in [0.05, 0.1) is 12.6 Å². The molecular formula is C16H18ClN3O4. The zero-order valence-electron chi connectivity index (χ0n) is 13.2. The molecule has 8 heteroatoms. The van der Waals surface area contributed by atoms with Crippen molar-refractivity contribution in [3.8, 4) is 0 Å². The summed E-state index contributed by atoms with van der Waals surface area (Å²) in [5.74, 6) is -0.747. The predicted molar refractivity (Wildman–Crippen MR) is 86.3 cm³/mol. The predicted octanol–water partition coefficient (Wildman–Crippen LogP) is 0.197. The van der Waals surface area contributed by atoms with Gasteiger partial charge in [-0.05, 0) is 11.6 Å². The van der Waals surface area contributed by atoms with Gasteiger partial charge in [-0.25, -0.2) is 0 Å². The summed E-state index contributed by atoms with van der Waals surface area (Å²) < 4.78 is 5.50. The van der Waals surface area contributed by atoms with Crippen molar-refractivity contribution in [3.63, 3.8) is 0 Å². The average molecular weight is 352 g/mol. The van der Waals surface area contributed by atoms with Crippen LogP contribution in [0.4, 0.5) is 0 Å². The summed E-state index contributed by atoms with van der Waals surface area (Å²) in [6, 6.07) is 6.31. The van der Waals surface area contributed by atoms with Crippen LogP contribution in [0.5, 0.6) is 0 Å². The van der Waals surface area contributed by atoms with Crippen LogP contribution in [0.25, 0.3) is 0 Å². The van der Waals surface area contributed by atoms with E-state index in [0.29, 0.717) is 23.7 Å². The highest BCUT2D eigenvalue weighted by Gasteiger charge is 2.40. The smallest absolute Gasteiger partial charge is 0.254 e. The van der Waals surface area contributed by atoms with Crippen LogP contribution >= 0.6 is 11.6 Å². The van der Waals surface area contributed by atoms with Gasteiger partial charge in [-0.3, -0.25) is 14.4 Å². The molecule has 0 aromatic heterocycles. The molecule has 2 aliphatic heterocycles. The van der Waals surface area contributed by atoms with Crippen LogP contribution in [-0.2, 0) is 19.1 Å². The number of benzene rings is 1. The van der Waals surface area contributed by atoms with Gasteiger partial charge in [0, 0.05) is 25.2 Å². The lowest BCUT2D eigenvalue weighted by Crippen LogP contribution is -2.58. The Bertz CT molecular complexity index is 681. The summed E-state index contributed by atoms with van der Waals surface area (Å²) in [7, 11) is 1.70. The molecule has 2 heterocycles. The van der Waals surface area contributed by atoms with Crippen molar-refractivity contribution >= 4 is 29.3 Å². The van der Waals surface area contributed by atoms with Crippen LogP contribution in [0.15, 0.2) is 24.3 Å². The Morgan fingerprint density at radius 1 is 1.29 bits per heavy atom. The third-order valence-electron chi connectivity index (χ3n) is 4.27. The molecule has 0 spiro atoms. The van der Waals surface area contributed by atoms with Gasteiger partial charge < -0.3 is 19.9 Å². The number of nitrogens with one attached hydrogen (secondary N) is 1. The Labute approximate surface area is 144 Å². The maximum atomic E-state index is 12.8. The van der Waals surface area contributed by atoms with E-state index in [1.165, 1.54) is 4.90 Å². The third-order valence-corrected chi connectivity index (χ3v) is 4.61. The highest BCUT2D eigenvalue weighted by atomic mass is 35.5. The van der Waals surface area contributed by atoms with E-state index in [4.69, 9.17) is 16.3 Å². The Kier molecular flexibility index (Phi) is 4.73. The molecule has 0 aliphatic carbocycles. The lowest BCUT2D eigenvalue weighted by molar-refractivity contribution is -0.159. The zero-order chi connectivity index (χ0) is 17.3. The molecule has 2 atom stereocenters. The number of hydrogen-bond donors (Lipinski definition) is 1. The summed E-state index contributed by atoms with van der Waals surface area (Å²) >= 11 is 6.21. The van der Waals surface area contributed by atoms with Gasteiger partial charge in [0.2, 0.25) is 11.8 Å². The molecule has 1 aromatic rings. The van der Waals surface area contributed by atoms with Gasteiger partial charge in [0.1, 0.15) is 6.61 Å². The topological polar surface area (TPSA) is 79.0 Å². The number of rotatable bonds is 2. The normalized spacial score (nSPS) is 24.8. The standard InChI is InChI=1S/C16H18ClN3O4/c1-19-6-7-20(8-13(19)22)16(23)15-14(18-12(21)9-24-15)10-4-2-3-5-11(10)17/h2-5,14-15H,6-9H2,1H3,(H,18,21)/t14-,15+/m1/s1. The Morgan fingerprint density at radius 3 is 2.75 bits per heavy atom. The number of piperazine rings is 1. The minimum Gasteiger partial charge on any atom is -0.356 e. The van der Waals surface area contributed by atoms with Crippen LogP contribution in [0.1, 0.15) is 11.6 Å². The Balaban J connectivity index is 1.84. The number of nitrogens with zero attached hydrogens (tertiary/aromatic N) is 2. The summed E-state index contributed by atoms with van der Waals surface area (Å²) in [6.45, 7) is 0.724. The number of hydrogen-bond acceptors (Lipinski definition) is 4. The zero-order valence-corrected chi connectivity index (χ0v) is 14.0. The largest absolute Gasteiger partial charge is 0.356 e. The second-order valence-electron chi connectivity index (χ2n) is 5.87. The molecular weight excluding hydrogens is 334 g/mol. The minimum atomic E-state index is -0.904. The number of halogens is 1. The van der Waals surface area contributed by atoms with Crippen LogP contribution in [-0.4, -0.2) is 66.9 Å². The number of amides is 3. The van der Waals surface area contributed by atoms with Crippen molar-refractivity contribution in [1.82, 2.24) is 15.1 Å². The first-order valence-corrected chi connectivity index (χ1v) is 8.03. The second-order valence-corrected chi connectivity index (χ2v) is 6.28. The van der Waals surface area contributed by atoms with Crippen molar-refractivity contribution in [2.75, 3.05) is 33.3 Å². The first-order chi connectivity index (χ1) is 11.5. The first-order valence-electron chi connectivity index (χ1n) is 7.65. The van der Waals surface area contributed by atoms with E-state index in [1.807, 2.05) is 0 Å². The van der Waals surface area contributed by atoms with Gasteiger partial charge in [-0.2, -0.15) is 0 Å². The highest BCUT2D eigenvalue weighted by Crippen LogP contribution is 2.29. The number of carbonyl (C=O) groups is 3. The number of ether oxygens (including phenoxy) is 1. The van der Waals surface area contributed by atoms with E-state index in [9.17, 15) is 14.4 Å². The van der Waals surface area contributed by atoms with Gasteiger partial charge in [0.15, 0.2) is 6.10 Å². The molecule has 0 radical (unpaired) electrons. The molecule has 3 rings (SSSR count). The van der Waals surface area contributed by atoms with Crippen LogP contribution in [0, 0.1) is 0 Å². The van der Waals surface area contributed by atoms with E-state index in [1.54, 1.807) is 36.2 Å². The summed E-state index contributed by atoms with van der Waals surface area (Å²) in [6.07, 6.45) is -0.904. The van der Waals surface area contributed by atoms with E-state index < -0.39 is 12.1 Å². The summed E-state index contributed by atoms with van der Waals surface area (Å²) in [5, 5.41) is 3.22. The SMILES string of the molecule is CN1CCN(C(=O)[C@H]2OCC(=O)N[C@@H]2c2ccccc2Cl)CC1=O. The lowest BCUT2D eigenvalue weighted by Gasteiger charge is -2.38.